The summed E-state index contributed by atoms with van der Waals surface area (Å²) < 4.78 is 69.8. The minimum atomic E-state index is -4.52. The summed E-state index contributed by atoms with van der Waals surface area (Å²) in [5.41, 5.74) is 0.504. The lowest BCUT2D eigenvalue weighted by Crippen LogP contribution is -2.04. The fourth-order valence-corrected chi connectivity index (χ4v) is 3.14. The van der Waals surface area contributed by atoms with Crippen molar-refractivity contribution in [2.45, 2.75) is 12.8 Å². The average molecular weight is 422 g/mol. The molecule has 0 amide bonds. The number of rotatable bonds is 4. The molecule has 2 heterocycles. The molecule has 2 aromatic heterocycles. The van der Waals surface area contributed by atoms with E-state index >= 15 is 0 Å². The van der Waals surface area contributed by atoms with E-state index in [4.69, 9.17) is 0 Å². The van der Waals surface area contributed by atoms with Crippen molar-refractivity contribution >= 4 is 22.5 Å². The summed E-state index contributed by atoms with van der Waals surface area (Å²) in [5, 5.41) is 9.21. The second kappa shape index (κ2) is 6.97. The molecule has 0 unspecified atom stereocenters. The molecule has 0 radical (unpaired) electrons. The molecule has 5 nitrogen and oxygen atoms in total. The Kier molecular flexibility index (Phi) is 4.56. The topological polar surface area (TPSA) is 63.8 Å². The number of carboxylic acid groups (broad SMARTS) is 1. The van der Waals surface area contributed by atoms with E-state index < -0.39 is 24.3 Å². The van der Waals surface area contributed by atoms with Gasteiger partial charge in [-0.3, -0.25) is 0 Å². The summed E-state index contributed by atoms with van der Waals surface area (Å²) in [5.74, 6) is -1.36. The molecular formula is C20H11F5N2O3. The number of carboxylic acids is 1. The van der Waals surface area contributed by atoms with Crippen molar-refractivity contribution in [2.75, 3.05) is 0 Å². The molecule has 2 aromatic carbocycles. The zero-order chi connectivity index (χ0) is 21.6. The van der Waals surface area contributed by atoms with Crippen LogP contribution in [0.15, 0.2) is 54.7 Å². The first-order chi connectivity index (χ1) is 14.1. The second-order valence-corrected chi connectivity index (χ2v) is 6.35. The molecular weight excluding hydrogens is 411 g/mol. The van der Waals surface area contributed by atoms with Crippen LogP contribution in [0.2, 0.25) is 0 Å². The van der Waals surface area contributed by atoms with Gasteiger partial charge in [-0.2, -0.15) is 22.0 Å². The van der Waals surface area contributed by atoms with Crippen LogP contribution in [0.4, 0.5) is 22.0 Å². The highest BCUT2D eigenvalue weighted by atomic mass is 19.4. The van der Waals surface area contributed by atoms with E-state index in [1.165, 1.54) is 47.0 Å². The highest BCUT2D eigenvalue weighted by molar-refractivity contribution is 5.95. The predicted octanol–water partition coefficient (Wildman–Crippen LogP) is 5.47. The zero-order valence-corrected chi connectivity index (χ0v) is 14.8. The molecule has 0 atom stereocenters. The number of alkyl halides is 5. The molecule has 4 aromatic rings. The molecule has 0 spiro atoms. The third kappa shape index (κ3) is 3.51. The van der Waals surface area contributed by atoms with Crippen molar-refractivity contribution in [3.05, 3.63) is 65.9 Å². The van der Waals surface area contributed by atoms with E-state index in [1.54, 1.807) is 0 Å². The normalized spacial score (nSPS) is 12.1. The van der Waals surface area contributed by atoms with Crippen LogP contribution in [0.1, 0.15) is 15.9 Å². The Hall–Kier alpha value is -3.69. The number of aromatic carboxylic acids is 1. The Morgan fingerprint density at radius 2 is 1.73 bits per heavy atom. The number of halogens is 5. The lowest BCUT2D eigenvalue weighted by molar-refractivity contribution is -0.137. The lowest BCUT2D eigenvalue weighted by Gasteiger charge is -2.11. The van der Waals surface area contributed by atoms with Gasteiger partial charge in [0, 0.05) is 11.6 Å². The van der Waals surface area contributed by atoms with Gasteiger partial charge in [0.05, 0.1) is 39.6 Å². The molecule has 0 aliphatic rings. The molecule has 0 saturated carbocycles. The van der Waals surface area contributed by atoms with E-state index in [-0.39, 0.29) is 28.1 Å². The maximum Gasteiger partial charge on any atom is 0.416 e. The first kappa shape index (κ1) is 19.6. The molecule has 4 rings (SSSR count). The maximum atomic E-state index is 12.9. The second-order valence-electron chi connectivity index (χ2n) is 6.35. The highest BCUT2D eigenvalue weighted by Gasteiger charge is 2.30. The Morgan fingerprint density at radius 1 is 1.03 bits per heavy atom. The van der Waals surface area contributed by atoms with Gasteiger partial charge >= 0.3 is 18.8 Å². The van der Waals surface area contributed by atoms with Crippen LogP contribution in [0.25, 0.3) is 27.8 Å². The molecule has 154 valence electrons. The van der Waals surface area contributed by atoms with E-state index in [1.807, 2.05) is 0 Å². The van der Waals surface area contributed by atoms with Gasteiger partial charge in [-0.15, -0.1) is 0 Å². The number of fused-ring (bicyclic) bond motifs is 3. The summed E-state index contributed by atoms with van der Waals surface area (Å²) in [4.78, 5) is 15.7. The summed E-state index contributed by atoms with van der Waals surface area (Å²) >= 11 is 0. The van der Waals surface area contributed by atoms with Crippen molar-refractivity contribution in [3.63, 3.8) is 0 Å². The quantitative estimate of drug-likeness (QED) is 0.443. The molecule has 0 saturated heterocycles. The first-order valence-electron chi connectivity index (χ1n) is 8.45. The number of carbonyl (C=O) groups is 1. The highest BCUT2D eigenvalue weighted by Crippen LogP contribution is 2.34. The molecule has 0 aliphatic carbocycles. The van der Waals surface area contributed by atoms with Crippen molar-refractivity contribution < 1.29 is 36.6 Å². The molecule has 1 N–H and O–H groups in total. The van der Waals surface area contributed by atoms with Crippen molar-refractivity contribution in [1.82, 2.24) is 9.38 Å². The Labute approximate surface area is 164 Å². The standard InChI is InChI=1S/C20H11F5N2O3/c21-19(22)30-13-8-16-17(10-1-4-12(5-2-10)20(23,24)25)26-14-7-11(18(28)29)3-6-15(14)27(16)9-13/h1-9,19H,(H,28,29). The molecule has 30 heavy (non-hydrogen) atoms. The molecule has 0 bridgehead atoms. The summed E-state index contributed by atoms with van der Waals surface area (Å²) in [6.07, 6.45) is -3.24. The Bertz CT molecular complexity index is 1260. The van der Waals surface area contributed by atoms with E-state index in [0.29, 0.717) is 11.0 Å². The number of hydrogen-bond donors (Lipinski definition) is 1. The van der Waals surface area contributed by atoms with E-state index in [0.717, 1.165) is 12.1 Å². The van der Waals surface area contributed by atoms with Crippen molar-refractivity contribution in [1.29, 1.82) is 0 Å². The fourth-order valence-electron chi connectivity index (χ4n) is 3.14. The van der Waals surface area contributed by atoms with Gasteiger partial charge in [0.1, 0.15) is 5.75 Å². The number of hydrogen-bond acceptors (Lipinski definition) is 3. The number of nitrogens with zero attached hydrogens (tertiary/aromatic N) is 2. The lowest BCUT2D eigenvalue weighted by atomic mass is 10.1. The van der Waals surface area contributed by atoms with Crippen LogP contribution in [-0.4, -0.2) is 27.1 Å². The third-order valence-corrected chi connectivity index (χ3v) is 4.46. The van der Waals surface area contributed by atoms with Gasteiger partial charge in [-0.25, -0.2) is 9.78 Å². The van der Waals surface area contributed by atoms with Crippen LogP contribution in [0, 0.1) is 0 Å². The van der Waals surface area contributed by atoms with Crippen molar-refractivity contribution in [3.8, 4) is 17.0 Å². The number of aromatic nitrogens is 2. The van der Waals surface area contributed by atoms with E-state index in [9.17, 15) is 31.9 Å². The van der Waals surface area contributed by atoms with Gasteiger partial charge in [-0.1, -0.05) is 12.1 Å². The van der Waals surface area contributed by atoms with Crippen LogP contribution in [0.5, 0.6) is 5.75 Å². The first-order valence-corrected chi connectivity index (χ1v) is 8.45. The Morgan fingerprint density at radius 3 is 2.33 bits per heavy atom. The van der Waals surface area contributed by atoms with Gasteiger partial charge in [0.2, 0.25) is 0 Å². The zero-order valence-electron chi connectivity index (χ0n) is 14.8. The van der Waals surface area contributed by atoms with Crippen LogP contribution in [-0.2, 0) is 6.18 Å². The van der Waals surface area contributed by atoms with Gasteiger partial charge in [-0.05, 0) is 30.3 Å². The maximum absolute atomic E-state index is 12.9. The monoisotopic (exact) mass is 422 g/mol. The fraction of sp³-hybridized carbons (Fsp3) is 0.100. The van der Waals surface area contributed by atoms with Gasteiger partial charge < -0.3 is 14.2 Å². The van der Waals surface area contributed by atoms with Crippen LogP contribution >= 0.6 is 0 Å². The minimum Gasteiger partial charge on any atom is -0.478 e. The molecule has 0 aliphatic heterocycles. The van der Waals surface area contributed by atoms with Crippen molar-refractivity contribution in [2.24, 2.45) is 0 Å². The SMILES string of the molecule is O=C(O)c1ccc2c(c1)nc(-c1ccc(C(F)(F)F)cc1)c1cc(OC(F)F)cn12. The van der Waals surface area contributed by atoms with Gasteiger partial charge in [0.15, 0.2) is 0 Å². The molecule has 0 fully saturated rings. The third-order valence-electron chi connectivity index (χ3n) is 4.46. The predicted molar refractivity (Wildman–Crippen MR) is 96.7 cm³/mol. The van der Waals surface area contributed by atoms with E-state index in [2.05, 4.69) is 9.72 Å². The Balaban J connectivity index is 1.97. The largest absolute Gasteiger partial charge is 0.478 e. The van der Waals surface area contributed by atoms with Crippen LogP contribution < -0.4 is 4.74 Å². The summed E-state index contributed by atoms with van der Waals surface area (Å²) in [6, 6.07) is 9.54. The number of ether oxygens (including phenoxy) is 1. The summed E-state index contributed by atoms with van der Waals surface area (Å²) in [6.45, 7) is -3.07. The minimum absolute atomic E-state index is 0.0519. The number of benzene rings is 2. The van der Waals surface area contributed by atoms with Gasteiger partial charge in [0.25, 0.3) is 0 Å². The molecule has 10 heteroatoms. The summed E-state index contributed by atoms with van der Waals surface area (Å²) in [7, 11) is 0. The average Bonchev–Trinajstić information content (AvgIpc) is 3.09. The van der Waals surface area contributed by atoms with Crippen LogP contribution in [0.3, 0.4) is 0 Å². The smallest absolute Gasteiger partial charge is 0.416 e.